The first-order valence-corrected chi connectivity index (χ1v) is 11.7. The Kier molecular flexibility index (Phi) is 11.1. The molecule has 4 atom stereocenters. The number of aliphatic hydroxyl groups is 3. The smallest absolute Gasteiger partial charge is 0.303 e. The fourth-order valence-corrected chi connectivity index (χ4v) is 4.45. The number of thioether (sulfide) groups is 1. The van der Waals surface area contributed by atoms with E-state index >= 15 is 0 Å². The van der Waals surface area contributed by atoms with E-state index in [1.165, 1.54) is 10.5 Å². The number of nitrogens with two attached hydrogens (primary N) is 1. The summed E-state index contributed by atoms with van der Waals surface area (Å²) >= 11 is 1.84. The number of carboxylic acid groups (broad SMARTS) is 1. The third-order valence-corrected chi connectivity index (χ3v) is 6.39. The number of aryl methyl sites for hydroxylation is 1. The van der Waals surface area contributed by atoms with Gasteiger partial charge in [0.2, 0.25) is 5.91 Å². The Morgan fingerprint density at radius 1 is 1.09 bits per heavy atom. The van der Waals surface area contributed by atoms with Crippen LogP contribution in [0, 0.1) is 0 Å². The fourth-order valence-electron chi connectivity index (χ4n) is 3.46. The Hall–Kier alpha value is -1.95. The van der Waals surface area contributed by atoms with Crippen molar-refractivity contribution < 1.29 is 30.0 Å². The van der Waals surface area contributed by atoms with Crippen molar-refractivity contribution in [1.82, 2.24) is 10.6 Å². The number of aliphatic carboxylic acids is 1. The first-order valence-electron chi connectivity index (χ1n) is 10.7. The minimum absolute atomic E-state index is 0.00595. The molecule has 1 amide bonds. The molecule has 0 saturated carbocycles. The van der Waals surface area contributed by atoms with E-state index in [-0.39, 0.29) is 25.9 Å². The molecule has 0 fully saturated rings. The lowest BCUT2D eigenvalue weighted by Gasteiger charge is -2.29. The van der Waals surface area contributed by atoms with Crippen LogP contribution in [0.3, 0.4) is 0 Å². The number of nitrogens with one attached hydrogen (secondary N) is 2. The normalized spacial score (nSPS) is 17.4. The second kappa shape index (κ2) is 13.6. The van der Waals surface area contributed by atoms with Gasteiger partial charge in [0.05, 0.1) is 6.04 Å². The van der Waals surface area contributed by atoms with E-state index in [0.717, 1.165) is 17.7 Å². The van der Waals surface area contributed by atoms with Crippen LogP contribution in [0.2, 0.25) is 0 Å². The fraction of sp³-hybridized carbons (Fsp3) is 0.545. The van der Waals surface area contributed by atoms with Crippen LogP contribution in [0.4, 0.5) is 0 Å². The Bertz CT molecular complexity index is 773. The molecule has 2 rings (SSSR count). The standard InChI is InChI=1S/C22H33N3O6S/c23-21(30)16(11-12-26)25-22(31)17(8-10-20(28)29)24-19(27)9-5-14-3-6-15(7-4-14)18-2-1-13-32-18/h2-4,6-7,16-17,19,22,24-27,31H,1,5,8-13H2,(H2,23,30)(H,28,29). The number of carbonyl (C=O) groups is 2. The van der Waals surface area contributed by atoms with Gasteiger partial charge in [0.25, 0.3) is 0 Å². The molecule has 0 saturated heterocycles. The molecule has 178 valence electrons. The van der Waals surface area contributed by atoms with Crippen LogP contribution < -0.4 is 16.4 Å². The molecule has 10 heteroatoms. The van der Waals surface area contributed by atoms with Crippen LogP contribution in [0.1, 0.15) is 43.2 Å². The van der Waals surface area contributed by atoms with Gasteiger partial charge in [0.15, 0.2) is 0 Å². The van der Waals surface area contributed by atoms with Crippen molar-refractivity contribution >= 4 is 28.5 Å². The van der Waals surface area contributed by atoms with Crippen molar-refractivity contribution in [3.63, 3.8) is 0 Å². The highest BCUT2D eigenvalue weighted by Gasteiger charge is 2.26. The maximum Gasteiger partial charge on any atom is 0.303 e. The van der Waals surface area contributed by atoms with Crippen LogP contribution in [0.5, 0.6) is 0 Å². The van der Waals surface area contributed by atoms with Crippen LogP contribution >= 0.6 is 11.8 Å². The molecule has 8 N–H and O–H groups in total. The molecule has 0 aliphatic carbocycles. The summed E-state index contributed by atoms with van der Waals surface area (Å²) in [5, 5.41) is 44.4. The van der Waals surface area contributed by atoms with E-state index in [9.17, 15) is 19.8 Å². The molecule has 0 spiro atoms. The van der Waals surface area contributed by atoms with Crippen LogP contribution in [-0.4, -0.2) is 69.2 Å². The highest BCUT2D eigenvalue weighted by Crippen LogP contribution is 2.33. The number of rotatable bonds is 15. The highest BCUT2D eigenvalue weighted by atomic mass is 32.2. The van der Waals surface area contributed by atoms with Gasteiger partial charge >= 0.3 is 5.97 Å². The van der Waals surface area contributed by atoms with E-state index < -0.39 is 36.4 Å². The first kappa shape index (κ1) is 26.3. The molecule has 1 aliphatic rings. The van der Waals surface area contributed by atoms with Crippen molar-refractivity contribution in [3.8, 4) is 0 Å². The lowest BCUT2D eigenvalue weighted by Crippen LogP contribution is -2.56. The molecule has 32 heavy (non-hydrogen) atoms. The molecule has 1 aromatic rings. The zero-order valence-corrected chi connectivity index (χ0v) is 18.8. The molecular formula is C22H33N3O6S. The maximum absolute atomic E-state index is 11.5. The molecule has 0 aromatic heterocycles. The third kappa shape index (κ3) is 8.89. The second-order valence-corrected chi connectivity index (χ2v) is 8.88. The summed E-state index contributed by atoms with van der Waals surface area (Å²) in [6.45, 7) is -0.308. The van der Waals surface area contributed by atoms with Gasteiger partial charge in [-0.3, -0.25) is 20.2 Å². The zero-order chi connectivity index (χ0) is 23.5. The summed E-state index contributed by atoms with van der Waals surface area (Å²) in [5.74, 6) is -0.680. The van der Waals surface area contributed by atoms with Crippen molar-refractivity contribution in [1.29, 1.82) is 0 Å². The molecule has 4 unspecified atom stereocenters. The van der Waals surface area contributed by atoms with Gasteiger partial charge < -0.3 is 26.2 Å². The minimum atomic E-state index is -1.34. The number of hydrogen-bond donors (Lipinski definition) is 7. The highest BCUT2D eigenvalue weighted by molar-refractivity contribution is 8.08. The molecule has 1 aromatic carbocycles. The number of allylic oxidation sites excluding steroid dienone is 1. The second-order valence-electron chi connectivity index (χ2n) is 7.74. The lowest BCUT2D eigenvalue weighted by molar-refractivity contribution is -0.137. The Morgan fingerprint density at radius 2 is 1.81 bits per heavy atom. The van der Waals surface area contributed by atoms with Gasteiger partial charge in [0, 0.05) is 29.7 Å². The average molecular weight is 468 g/mol. The van der Waals surface area contributed by atoms with Crippen LogP contribution in [0.15, 0.2) is 30.3 Å². The van der Waals surface area contributed by atoms with E-state index in [4.69, 9.17) is 15.9 Å². The SMILES string of the molecule is NC(=O)C(CCO)NC(O)C(CCC(=O)O)NC(O)CCc1ccc(C2=CCCS2)cc1. The topological polar surface area (TPSA) is 165 Å². The Morgan fingerprint density at radius 3 is 2.38 bits per heavy atom. The van der Waals surface area contributed by atoms with Gasteiger partial charge in [-0.2, -0.15) is 0 Å². The predicted octanol–water partition coefficient (Wildman–Crippen LogP) is 0.383. The maximum atomic E-state index is 11.5. The van der Waals surface area contributed by atoms with Crippen molar-refractivity contribution in [2.24, 2.45) is 5.73 Å². The third-order valence-electron chi connectivity index (χ3n) is 5.24. The molecule has 1 heterocycles. The van der Waals surface area contributed by atoms with Gasteiger partial charge in [-0.25, -0.2) is 0 Å². The van der Waals surface area contributed by atoms with Crippen LogP contribution in [0.25, 0.3) is 4.91 Å². The summed E-state index contributed by atoms with van der Waals surface area (Å²) in [7, 11) is 0. The van der Waals surface area contributed by atoms with E-state index in [2.05, 4.69) is 28.8 Å². The average Bonchev–Trinajstić information content (AvgIpc) is 3.30. The molecule has 9 nitrogen and oxygen atoms in total. The molecule has 0 bridgehead atoms. The summed E-state index contributed by atoms with van der Waals surface area (Å²) in [5.41, 5.74) is 7.50. The number of carboxylic acids is 1. The van der Waals surface area contributed by atoms with Crippen molar-refractivity contribution in [3.05, 3.63) is 41.5 Å². The number of benzene rings is 1. The molecule has 1 aliphatic heterocycles. The van der Waals surface area contributed by atoms with E-state index in [0.29, 0.717) is 12.8 Å². The number of amides is 1. The summed E-state index contributed by atoms with van der Waals surface area (Å²) in [6.07, 6.45) is 1.70. The monoisotopic (exact) mass is 467 g/mol. The van der Waals surface area contributed by atoms with Crippen molar-refractivity contribution in [2.45, 2.75) is 63.1 Å². The Balaban J connectivity index is 1.91. The largest absolute Gasteiger partial charge is 0.481 e. The van der Waals surface area contributed by atoms with Crippen molar-refractivity contribution in [2.75, 3.05) is 12.4 Å². The van der Waals surface area contributed by atoms with E-state index in [1.807, 2.05) is 23.9 Å². The molecule has 0 radical (unpaired) electrons. The summed E-state index contributed by atoms with van der Waals surface area (Å²) in [6, 6.07) is 6.35. The number of primary amides is 1. The van der Waals surface area contributed by atoms with Gasteiger partial charge in [-0.1, -0.05) is 30.3 Å². The quantitative estimate of drug-likeness (QED) is 0.181. The zero-order valence-electron chi connectivity index (χ0n) is 17.9. The van der Waals surface area contributed by atoms with Crippen LogP contribution in [-0.2, 0) is 16.0 Å². The van der Waals surface area contributed by atoms with Gasteiger partial charge in [0.1, 0.15) is 12.5 Å². The number of hydrogen-bond acceptors (Lipinski definition) is 8. The number of aliphatic hydroxyl groups excluding tert-OH is 3. The molecular weight excluding hydrogens is 434 g/mol. The van der Waals surface area contributed by atoms with Gasteiger partial charge in [-0.15, -0.1) is 11.8 Å². The lowest BCUT2D eigenvalue weighted by atomic mass is 10.0. The first-order chi connectivity index (χ1) is 15.3. The van der Waals surface area contributed by atoms with E-state index in [1.54, 1.807) is 0 Å². The number of carbonyl (C=O) groups excluding carboxylic acids is 1. The minimum Gasteiger partial charge on any atom is -0.481 e. The van der Waals surface area contributed by atoms with Gasteiger partial charge in [-0.05, 0) is 43.2 Å². The summed E-state index contributed by atoms with van der Waals surface area (Å²) < 4.78 is 0. The predicted molar refractivity (Wildman–Crippen MR) is 123 cm³/mol. The Labute approximate surface area is 192 Å². The summed E-state index contributed by atoms with van der Waals surface area (Å²) in [4.78, 5) is 23.7.